The SMILES string of the molecule is CC(C)(C)OC(=O)CC[C@@H](C(=O)OCC(CO[N+](=O)[O-])(CO[N+](=O)[O-])CO[N+](=O)[O-])N(C=O)OC(C)(C)C. The molecule has 1 atom stereocenters. The summed E-state index contributed by atoms with van der Waals surface area (Å²) in [4.78, 5) is 87.0. The van der Waals surface area contributed by atoms with Crippen molar-refractivity contribution in [2.24, 2.45) is 5.41 Å². The van der Waals surface area contributed by atoms with Crippen LogP contribution in [0.15, 0.2) is 0 Å². The van der Waals surface area contributed by atoms with Gasteiger partial charge in [-0.2, -0.15) is 0 Å². The Hall–Kier alpha value is -4.03. The molecular formula is C19H32N4O15. The van der Waals surface area contributed by atoms with E-state index in [4.69, 9.17) is 14.3 Å². The molecule has 218 valence electrons. The second kappa shape index (κ2) is 14.6. The summed E-state index contributed by atoms with van der Waals surface area (Å²) in [6, 6.07) is -1.57. The second-order valence-corrected chi connectivity index (χ2v) is 9.91. The maximum absolute atomic E-state index is 13.0. The number of ether oxygens (including phenoxy) is 2. The van der Waals surface area contributed by atoms with Gasteiger partial charge in [0.05, 0.1) is 11.0 Å². The Morgan fingerprint density at radius 2 is 1.26 bits per heavy atom. The average molecular weight is 556 g/mol. The van der Waals surface area contributed by atoms with Crippen LogP contribution in [0.1, 0.15) is 54.4 Å². The van der Waals surface area contributed by atoms with E-state index in [1.54, 1.807) is 41.5 Å². The Morgan fingerprint density at radius 3 is 1.61 bits per heavy atom. The first-order valence-electron chi connectivity index (χ1n) is 10.9. The topological polar surface area (TPSA) is 239 Å². The third kappa shape index (κ3) is 15.2. The molecule has 0 aliphatic carbocycles. The normalized spacial score (nSPS) is 12.5. The van der Waals surface area contributed by atoms with Crippen molar-refractivity contribution in [2.75, 3.05) is 26.4 Å². The van der Waals surface area contributed by atoms with Crippen molar-refractivity contribution in [3.05, 3.63) is 30.3 Å². The quantitative estimate of drug-likeness (QED) is 0.0982. The zero-order valence-electron chi connectivity index (χ0n) is 21.8. The molecule has 0 aromatic carbocycles. The summed E-state index contributed by atoms with van der Waals surface area (Å²) in [6.45, 7) is 5.30. The maximum atomic E-state index is 13.0. The number of hydroxylamine groups is 2. The minimum atomic E-state index is -2.12. The van der Waals surface area contributed by atoms with Crippen molar-refractivity contribution < 1.29 is 58.5 Å². The van der Waals surface area contributed by atoms with Crippen LogP contribution in [0.5, 0.6) is 0 Å². The number of hydrogen-bond donors (Lipinski definition) is 0. The highest BCUT2D eigenvalue weighted by molar-refractivity contribution is 5.79. The van der Waals surface area contributed by atoms with Crippen LogP contribution in [0.25, 0.3) is 0 Å². The van der Waals surface area contributed by atoms with Gasteiger partial charge in [-0.1, -0.05) is 0 Å². The monoisotopic (exact) mass is 556 g/mol. The highest BCUT2D eigenvalue weighted by Crippen LogP contribution is 2.23. The van der Waals surface area contributed by atoms with Gasteiger partial charge in [-0.3, -0.25) is 14.4 Å². The lowest BCUT2D eigenvalue weighted by molar-refractivity contribution is -0.782. The number of hydrogen-bond acceptors (Lipinski definition) is 15. The van der Waals surface area contributed by atoms with Crippen LogP contribution in [0.3, 0.4) is 0 Å². The summed E-state index contributed by atoms with van der Waals surface area (Å²) in [7, 11) is 0. The molecule has 0 N–H and O–H groups in total. The number of amides is 1. The van der Waals surface area contributed by atoms with Crippen LogP contribution >= 0.6 is 0 Å². The van der Waals surface area contributed by atoms with E-state index in [0.717, 1.165) is 0 Å². The number of carbonyl (C=O) groups is 3. The highest BCUT2D eigenvalue weighted by atomic mass is 17.0. The molecular weight excluding hydrogens is 524 g/mol. The van der Waals surface area contributed by atoms with Gasteiger partial charge in [0.15, 0.2) is 6.04 Å². The van der Waals surface area contributed by atoms with E-state index >= 15 is 0 Å². The summed E-state index contributed by atoms with van der Waals surface area (Å²) in [5, 5.41) is 28.8. The Kier molecular flexibility index (Phi) is 13.1. The zero-order chi connectivity index (χ0) is 29.7. The van der Waals surface area contributed by atoms with Gasteiger partial charge in [0.25, 0.3) is 15.3 Å². The van der Waals surface area contributed by atoms with E-state index in [2.05, 4.69) is 14.5 Å². The zero-order valence-corrected chi connectivity index (χ0v) is 21.8. The fourth-order valence-electron chi connectivity index (χ4n) is 2.61. The summed E-state index contributed by atoms with van der Waals surface area (Å²) in [5.74, 6) is -1.94. The first kappa shape index (κ1) is 34.0. The molecule has 1 amide bonds. The summed E-state index contributed by atoms with van der Waals surface area (Å²) in [6.07, 6.45) is -0.585. The van der Waals surface area contributed by atoms with Gasteiger partial charge in [0, 0.05) is 6.42 Å². The molecule has 0 aliphatic rings. The van der Waals surface area contributed by atoms with Gasteiger partial charge in [-0.05, 0) is 48.0 Å². The van der Waals surface area contributed by atoms with Gasteiger partial charge < -0.3 is 24.0 Å². The third-order valence-electron chi connectivity index (χ3n) is 4.05. The smallest absolute Gasteiger partial charge is 0.331 e. The molecule has 0 saturated heterocycles. The van der Waals surface area contributed by atoms with Crippen LogP contribution in [0.4, 0.5) is 0 Å². The minimum Gasteiger partial charge on any atom is -0.463 e. The maximum Gasteiger partial charge on any atom is 0.331 e. The number of nitrogens with zero attached hydrogens (tertiary/aromatic N) is 4. The van der Waals surface area contributed by atoms with E-state index in [1.165, 1.54) is 0 Å². The minimum absolute atomic E-state index is 0.154. The first-order chi connectivity index (χ1) is 17.3. The molecule has 0 bridgehead atoms. The molecule has 0 spiro atoms. The fraction of sp³-hybridized carbons (Fsp3) is 0.842. The molecule has 0 aromatic rings. The van der Waals surface area contributed by atoms with E-state index in [1.807, 2.05) is 0 Å². The van der Waals surface area contributed by atoms with E-state index < -0.39 is 76.3 Å². The molecule has 19 nitrogen and oxygen atoms in total. The molecule has 0 heterocycles. The lowest BCUT2D eigenvalue weighted by Crippen LogP contribution is -2.48. The number of carbonyl (C=O) groups excluding carboxylic acids is 3. The summed E-state index contributed by atoms with van der Waals surface area (Å²) >= 11 is 0. The van der Waals surface area contributed by atoms with Crippen molar-refractivity contribution in [3.63, 3.8) is 0 Å². The van der Waals surface area contributed by atoms with E-state index in [9.17, 15) is 44.7 Å². The summed E-state index contributed by atoms with van der Waals surface area (Å²) < 4.78 is 10.3. The second-order valence-electron chi connectivity index (χ2n) is 9.91. The van der Waals surface area contributed by atoms with Crippen molar-refractivity contribution in [1.82, 2.24) is 5.06 Å². The van der Waals surface area contributed by atoms with Gasteiger partial charge >= 0.3 is 11.9 Å². The number of esters is 2. The molecule has 0 saturated carbocycles. The molecule has 0 aromatic heterocycles. The predicted molar refractivity (Wildman–Crippen MR) is 120 cm³/mol. The average Bonchev–Trinajstić information content (AvgIpc) is 2.75. The molecule has 0 rings (SSSR count). The Morgan fingerprint density at radius 1 is 0.816 bits per heavy atom. The van der Waals surface area contributed by atoms with Crippen LogP contribution in [-0.4, -0.2) is 82.3 Å². The van der Waals surface area contributed by atoms with Crippen molar-refractivity contribution >= 4 is 18.3 Å². The Bertz CT molecular complexity index is 807. The van der Waals surface area contributed by atoms with Gasteiger partial charge in [-0.15, -0.1) is 30.3 Å². The fourth-order valence-corrected chi connectivity index (χ4v) is 2.61. The van der Waals surface area contributed by atoms with E-state index in [-0.39, 0.29) is 19.3 Å². The van der Waals surface area contributed by atoms with Crippen LogP contribution < -0.4 is 0 Å². The molecule has 0 fully saturated rings. The Labute approximate surface area is 216 Å². The van der Waals surface area contributed by atoms with Crippen LogP contribution in [0.2, 0.25) is 0 Å². The largest absolute Gasteiger partial charge is 0.463 e. The predicted octanol–water partition coefficient (Wildman–Crippen LogP) is 0.820. The van der Waals surface area contributed by atoms with Crippen LogP contribution in [0, 0.1) is 35.8 Å². The van der Waals surface area contributed by atoms with Crippen LogP contribution in [-0.2, 0) is 43.2 Å². The third-order valence-corrected chi connectivity index (χ3v) is 4.05. The molecule has 0 unspecified atom stereocenters. The lowest BCUT2D eigenvalue weighted by atomic mass is 9.92. The van der Waals surface area contributed by atoms with Gasteiger partial charge in [0.2, 0.25) is 6.41 Å². The van der Waals surface area contributed by atoms with Crippen molar-refractivity contribution in [2.45, 2.75) is 71.6 Å². The molecule has 0 radical (unpaired) electrons. The molecule has 19 heteroatoms. The lowest BCUT2D eigenvalue weighted by Gasteiger charge is -2.33. The van der Waals surface area contributed by atoms with E-state index in [0.29, 0.717) is 5.06 Å². The molecule has 0 aliphatic heterocycles. The van der Waals surface area contributed by atoms with Gasteiger partial charge in [0.1, 0.15) is 32.0 Å². The highest BCUT2D eigenvalue weighted by Gasteiger charge is 2.39. The number of rotatable bonds is 18. The Balaban J connectivity index is 5.98. The standard InChI is InChI=1S/C19H32N4O15/c1-17(2,3)37-15(25)8-7-14(20(13-24)38-18(4,5)6)16(26)33-9-19(10-34-21(27)28,11-35-22(29)30)12-36-23(31)32/h13-14H,7-12H2,1-6H3/t14-/m0/s1. The van der Waals surface area contributed by atoms with Gasteiger partial charge in [-0.25, -0.2) is 9.86 Å². The van der Waals surface area contributed by atoms with Crippen molar-refractivity contribution in [3.8, 4) is 0 Å². The summed E-state index contributed by atoms with van der Waals surface area (Å²) in [5.41, 5.74) is -3.95. The molecule has 38 heavy (non-hydrogen) atoms. The van der Waals surface area contributed by atoms with Crippen molar-refractivity contribution in [1.29, 1.82) is 0 Å². The first-order valence-corrected chi connectivity index (χ1v) is 10.9.